The van der Waals surface area contributed by atoms with Crippen LogP contribution >= 0.6 is 12.2 Å². The molecule has 0 atom stereocenters. The van der Waals surface area contributed by atoms with E-state index < -0.39 is 0 Å². The number of carbonyl (C=O) groups is 2. The first-order chi connectivity index (χ1) is 12.4. The Labute approximate surface area is 159 Å². The van der Waals surface area contributed by atoms with Crippen molar-refractivity contribution in [2.45, 2.75) is 33.6 Å². The van der Waals surface area contributed by atoms with Crippen molar-refractivity contribution in [1.29, 1.82) is 0 Å². The molecule has 1 aromatic carbocycles. The summed E-state index contributed by atoms with van der Waals surface area (Å²) in [6, 6.07) is 6.85. The van der Waals surface area contributed by atoms with Gasteiger partial charge in [-0.3, -0.25) is 25.8 Å². The molecule has 0 saturated carbocycles. The number of benzene rings is 1. The predicted molar refractivity (Wildman–Crippen MR) is 104 cm³/mol. The maximum absolute atomic E-state index is 12.2. The fourth-order valence-electron chi connectivity index (χ4n) is 1.84. The lowest BCUT2D eigenvalue weighted by atomic mass is 10.1. The normalized spacial score (nSPS) is 10.3. The molecule has 0 aromatic heterocycles. The Balaban J connectivity index is 2.41. The van der Waals surface area contributed by atoms with Crippen molar-refractivity contribution in [2.75, 3.05) is 19.8 Å². The smallest absolute Gasteiger partial charge is 0.257 e. The van der Waals surface area contributed by atoms with Crippen LogP contribution < -0.4 is 20.9 Å². The molecule has 1 aromatic rings. The third kappa shape index (κ3) is 9.33. The number of rotatable bonds is 9. The van der Waals surface area contributed by atoms with Crippen LogP contribution in [0.2, 0.25) is 0 Å². The van der Waals surface area contributed by atoms with Gasteiger partial charge in [-0.05, 0) is 49.7 Å². The van der Waals surface area contributed by atoms with Gasteiger partial charge in [0.15, 0.2) is 5.11 Å². The minimum atomic E-state index is -0.389. The Morgan fingerprint density at radius 2 is 1.96 bits per heavy atom. The van der Waals surface area contributed by atoms with Crippen molar-refractivity contribution in [3.8, 4) is 5.75 Å². The van der Waals surface area contributed by atoms with Crippen LogP contribution in [-0.4, -0.2) is 36.7 Å². The van der Waals surface area contributed by atoms with E-state index in [1.54, 1.807) is 24.3 Å². The first kappa shape index (κ1) is 21.9. The molecule has 7 nitrogen and oxygen atoms in total. The molecule has 0 heterocycles. The van der Waals surface area contributed by atoms with E-state index in [9.17, 15) is 9.59 Å². The van der Waals surface area contributed by atoms with Crippen LogP contribution in [0.15, 0.2) is 24.3 Å². The summed E-state index contributed by atoms with van der Waals surface area (Å²) in [4.78, 5) is 23.7. The molecule has 0 unspecified atom stereocenters. The Morgan fingerprint density at radius 1 is 1.19 bits per heavy atom. The van der Waals surface area contributed by atoms with Gasteiger partial charge in [0.2, 0.25) is 5.91 Å². The van der Waals surface area contributed by atoms with Crippen LogP contribution in [0.3, 0.4) is 0 Å². The Morgan fingerprint density at radius 3 is 2.65 bits per heavy atom. The monoisotopic (exact) mass is 381 g/mol. The highest BCUT2D eigenvalue weighted by molar-refractivity contribution is 7.80. The summed E-state index contributed by atoms with van der Waals surface area (Å²) in [6.07, 6.45) is 1.14. The molecule has 0 bridgehead atoms. The second-order valence-electron chi connectivity index (χ2n) is 5.96. The van der Waals surface area contributed by atoms with E-state index in [2.05, 4.69) is 30.0 Å². The molecule has 0 saturated heterocycles. The summed E-state index contributed by atoms with van der Waals surface area (Å²) in [6.45, 7) is 7.57. The lowest BCUT2D eigenvalue weighted by Crippen LogP contribution is -2.48. The largest absolute Gasteiger partial charge is 0.494 e. The van der Waals surface area contributed by atoms with E-state index in [4.69, 9.17) is 21.7 Å². The number of amides is 2. The second-order valence-corrected chi connectivity index (χ2v) is 6.37. The van der Waals surface area contributed by atoms with Gasteiger partial charge in [-0.2, -0.15) is 0 Å². The van der Waals surface area contributed by atoms with E-state index in [0.717, 1.165) is 6.42 Å². The summed E-state index contributed by atoms with van der Waals surface area (Å²) in [5.74, 6) is 0.506. The van der Waals surface area contributed by atoms with E-state index >= 15 is 0 Å². The Hall–Kier alpha value is -2.19. The van der Waals surface area contributed by atoms with Crippen LogP contribution in [0.4, 0.5) is 0 Å². The summed E-state index contributed by atoms with van der Waals surface area (Å²) in [7, 11) is 0. The number of nitrogens with one attached hydrogen (secondary N) is 3. The van der Waals surface area contributed by atoms with Crippen LogP contribution in [0.25, 0.3) is 0 Å². The van der Waals surface area contributed by atoms with E-state index in [1.807, 2.05) is 6.92 Å². The van der Waals surface area contributed by atoms with E-state index in [0.29, 0.717) is 37.1 Å². The third-order valence-electron chi connectivity index (χ3n) is 3.28. The fourth-order valence-corrected chi connectivity index (χ4v) is 1.99. The fraction of sp³-hybridized carbons (Fsp3) is 0.500. The van der Waals surface area contributed by atoms with Crippen molar-refractivity contribution < 1.29 is 19.1 Å². The van der Waals surface area contributed by atoms with Crippen molar-refractivity contribution in [1.82, 2.24) is 16.2 Å². The molecule has 26 heavy (non-hydrogen) atoms. The summed E-state index contributed by atoms with van der Waals surface area (Å²) < 4.78 is 10.7. The number of carbonyl (C=O) groups excluding carboxylic acids is 2. The van der Waals surface area contributed by atoms with Gasteiger partial charge in [-0.15, -0.1) is 0 Å². The average molecular weight is 381 g/mol. The van der Waals surface area contributed by atoms with E-state index in [1.165, 1.54) is 0 Å². The zero-order valence-electron chi connectivity index (χ0n) is 15.5. The zero-order chi connectivity index (χ0) is 19.4. The lowest BCUT2D eigenvalue weighted by Gasteiger charge is -2.12. The lowest BCUT2D eigenvalue weighted by molar-refractivity contribution is -0.122. The first-order valence-corrected chi connectivity index (χ1v) is 9.04. The molecule has 8 heteroatoms. The molecule has 1 rings (SSSR count). The maximum atomic E-state index is 12.2. The number of thiocarbonyl (C=S) groups is 1. The zero-order valence-corrected chi connectivity index (χ0v) is 16.3. The quantitative estimate of drug-likeness (QED) is 0.345. The molecule has 0 aliphatic rings. The van der Waals surface area contributed by atoms with Gasteiger partial charge in [0.25, 0.3) is 5.91 Å². The Bertz CT molecular complexity index is 608. The summed E-state index contributed by atoms with van der Waals surface area (Å²) in [5.41, 5.74) is 5.30. The maximum Gasteiger partial charge on any atom is 0.257 e. The highest BCUT2D eigenvalue weighted by atomic mass is 32.1. The van der Waals surface area contributed by atoms with Crippen molar-refractivity contribution >= 4 is 29.1 Å². The minimum Gasteiger partial charge on any atom is -0.494 e. The van der Waals surface area contributed by atoms with Gasteiger partial charge in [-0.1, -0.05) is 19.9 Å². The van der Waals surface area contributed by atoms with Crippen LogP contribution in [0, 0.1) is 5.92 Å². The Kier molecular flexibility index (Phi) is 10.3. The number of hydrogen-bond donors (Lipinski definition) is 3. The predicted octanol–water partition coefficient (Wildman–Crippen LogP) is 2.17. The van der Waals surface area contributed by atoms with Gasteiger partial charge in [-0.25, -0.2) is 0 Å². The first-order valence-electron chi connectivity index (χ1n) is 8.63. The van der Waals surface area contributed by atoms with Crippen LogP contribution in [-0.2, 0) is 9.53 Å². The van der Waals surface area contributed by atoms with Crippen molar-refractivity contribution in [2.24, 2.45) is 5.92 Å². The molecule has 3 N–H and O–H groups in total. The summed E-state index contributed by atoms with van der Waals surface area (Å²) in [5, 5.41) is 2.51. The minimum absolute atomic E-state index is 0.00545. The molecular formula is C18H27N3O4S. The number of ether oxygens (including phenoxy) is 2. The highest BCUT2D eigenvalue weighted by Gasteiger charge is 2.10. The molecule has 0 aliphatic carbocycles. The molecular weight excluding hydrogens is 354 g/mol. The molecule has 0 fully saturated rings. The SMILES string of the molecule is CCOCCC(=O)NNC(=S)NC(=O)c1cccc(OCCC(C)C)c1. The number of hydrazine groups is 1. The average Bonchev–Trinajstić information content (AvgIpc) is 2.60. The highest BCUT2D eigenvalue weighted by Crippen LogP contribution is 2.14. The van der Waals surface area contributed by atoms with Gasteiger partial charge in [0.1, 0.15) is 5.75 Å². The van der Waals surface area contributed by atoms with Gasteiger partial charge < -0.3 is 9.47 Å². The van der Waals surface area contributed by atoms with Crippen molar-refractivity contribution in [3.63, 3.8) is 0 Å². The number of hydrogen-bond acceptors (Lipinski definition) is 5. The van der Waals surface area contributed by atoms with Gasteiger partial charge >= 0.3 is 0 Å². The molecule has 144 valence electrons. The van der Waals surface area contributed by atoms with E-state index in [-0.39, 0.29) is 23.3 Å². The second kappa shape index (κ2) is 12.2. The van der Waals surface area contributed by atoms with Crippen LogP contribution in [0.1, 0.15) is 44.0 Å². The van der Waals surface area contributed by atoms with Gasteiger partial charge in [0, 0.05) is 12.2 Å². The third-order valence-corrected chi connectivity index (χ3v) is 3.48. The topological polar surface area (TPSA) is 88.7 Å². The van der Waals surface area contributed by atoms with Crippen molar-refractivity contribution in [3.05, 3.63) is 29.8 Å². The summed E-state index contributed by atoms with van der Waals surface area (Å²) >= 11 is 5.00. The van der Waals surface area contributed by atoms with Gasteiger partial charge in [0.05, 0.1) is 19.6 Å². The molecule has 0 radical (unpaired) electrons. The molecule has 0 aliphatic heterocycles. The standard InChI is InChI=1S/C18H27N3O4S/c1-4-24-10-9-16(22)20-21-18(26)19-17(23)14-6-5-7-15(12-14)25-11-8-13(2)3/h5-7,12-13H,4,8-11H2,1-3H3,(H,20,22)(H2,19,21,23,26). The molecule has 0 spiro atoms. The van der Waals surface area contributed by atoms with Crippen LogP contribution in [0.5, 0.6) is 5.75 Å². The molecule has 2 amide bonds.